The van der Waals surface area contributed by atoms with Gasteiger partial charge in [-0.2, -0.15) is 0 Å². The number of pyridine rings is 1. The molecule has 2 aliphatic carbocycles. The Labute approximate surface area is 89.3 Å². The van der Waals surface area contributed by atoms with E-state index >= 15 is 0 Å². The van der Waals surface area contributed by atoms with Crippen LogP contribution < -0.4 is 5.73 Å². The molecule has 0 radical (unpaired) electrons. The predicted octanol–water partition coefficient (Wildman–Crippen LogP) is 1.54. The van der Waals surface area contributed by atoms with Crippen LogP contribution >= 0.6 is 0 Å². The van der Waals surface area contributed by atoms with Gasteiger partial charge >= 0.3 is 0 Å². The highest BCUT2D eigenvalue weighted by Crippen LogP contribution is 2.52. The van der Waals surface area contributed by atoms with E-state index in [1.807, 2.05) is 12.1 Å². The van der Waals surface area contributed by atoms with Crippen LogP contribution in [0.25, 0.3) is 0 Å². The first-order chi connectivity index (χ1) is 7.24. The first-order valence-electron chi connectivity index (χ1n) is 5.63. The third kappa shape index (κ3) is 1.42. The van der Waals surface area contributed by atoms with Crippen LogP contribution in [0.3, 0.4) is 0 Å². The Morgan fingerprint density at radius 1 is 1.33 bits per heavy atom. The second-order valence-electron chi connectivity index (χ2n) is 4.92. The molecule has 3 heteroatoms. The molecular weight excluding hydrogens is 188 g/mol. The van der Waals surface area contributed by atoms with Crippen molar-refractivity contribution in [3.05, 3.63) is 23.9 Å². The van der Waals surface area contributed by atoms with Crippen LogP contribution in [0.4, 0.5) is 5.82 Å². The summed E-state index contributed by atoms with van der Waals surface area (Å²) in [5.74, 6) is 2.27. The zero-order valence-corrected chi connectivity index (χ0v) is 8.63. The molecule has 2 bridgehead atoms. The summed E-state index contributed by atoms with van der Waals surface area (Å²) in [5.41, 5.74) is 6.94. The number of hydrogen-bond donors (Lipinski definition) is 2. The summed E-state index contributed by atoms with van der Waals surface area (Å²) in [5, 5.41) is 9.87. The standard InChI is InChI=1S/C12H16N2O/c13-12-6-8(1-2-14-12)9-3-7-4-10(9)11(15)5-7/h1-2,6-7,9-11,15H,3-5H2,(H2,13,14). The molecule has 0 aliphatic heterocycles. The van der Waals surface area contributed by atoms with Gasteiger partial charge in [-0.15, -0.1) is 0 Å². The average Bonchev–Trinajstić information content (AvgIpc) is 2.76. The van der Waals surface area contributed by atoms with Gasteiger partial charge in [-0.25, -0.2) is 4.98 Å². The van der Waals surface area contributed by atoms with Crippen molar-refractivity contribution < 1.29 is 5.11 Å². The number of aliphatic hydroxyl groups is 1. The highest BCUT2D eigenvalue weighted by molar-refractivity contribution is 5.35. The molecule has 2 saturated carbocycles. The number of rotatable bonds is 1. The van der Waals surface area contributed by atoms with Crippen molar-refractivity contribution in [2.45, 2.75) is 31.3 Å². The summed E-state index contributed by atoms with van der Waals surface area (Å²) in [6.45, 7) is 0. The molecule has 0 saturated heterocycles. The van der Waals surface area contributed by atoms with Crippen LogP contribution in [0, 0.1) is 11.8 Å². The van der Waals surface area contributed by atoms with Gasteiger partial charge in [0.15, 0.2) is 0 Å². The number of aliphatic hydroxyl groups excluding tert-OH is 1. The van der Waals surface area contributed by atoms with E-state index in [1.165, 1.54) is 18.4 Å². The maximum Gasteiger partial charge on any atom is 0.123 e. The Morgan fingerprint density at radius 3 is 2.87 bits per heavy atom. The largest absolute Gasteiger partial charge is 0.393 e. The fourth-order valence-corrected chi connectivity index (χ4v) is 3.39. The van der Waals surface area contributed by atoms with Gasteiger partial charge in [0.2, 0.25) is 0 Å². The molecule has 0 spiro atoms. The summed E-state index contributed by atoms with van der Waals surface area (Å²) < 4.78 is 0. The quantitative estimate of drug-likeness (QED) is 0.729. The Balaban J connectivity index is 1.90. The van der Waals surface area contributed by atoms with Crippen LogP contribution in [-0.2, 0) is 0 Å². The van der Waals surface area contributed by atoms with Crippen molar-refractivity contribution in [3.8, 4) is 0 Å². The van der Waals surface area contributed by atoms with Crippen LogP contribution in [0.1, 0.15) is 30.7 Å². The third-order valence-corrected chi connectivity index (χ3v) is 4.01. The Hall–Kier alpha value is -1.09. The number of aromatic nitrogens is 1. The minimum Gasteiger partial charge on any atom is -0.393 e. The number of nitrogens with zero attached hydrogens (tertiary/aromatic N) is 1. The summed E-state index contributed by atoms with van der Waals surface area (Å²) >= 11 is 0. The van der Waals surface area contributed by atoms with E-state index < -0.39 is 0 Å². The summed E-state index contributed by atoms with van der Waals surface area (Å²) in [7, 11) is 0. The van der Waals surface area contributed by atoms with Crippen LogP contribution in [0.2, 0.25) is 0 Å². The van der Waals surface area contributed by atoms with Gasteiger partial charge < -0.3 is 10.8 Å². The van der Waals surface area contributed by atoms with Crippen molar-refractivity contribution in [2.24, 2.45) is 11.8 Å². The highest BCUT2D eigenvalue weighted by atomic mass is 16.3. The maximum atomic E-state index is 9.87. The lowest BCUT2D eigenvalue weighted by Crippen LogP contribution is -2.23. The molecule has 2 fully saturated rings. The van der Waals surface area contributed by atoms with Gasteiger partial charge in [-0.05, 0) is 54.7 Å². The maximum absolute atomic E-state index is 9.87. The van der Waals surface area contributed by atoms with E-state index in [4.69, 9.17) is 5.73 Å². The second-order valence-corrected chi connectivity index (χ2v) is 4.92. The lowest BCUT2D eigenvalue weighted by molar-refractivity contribution is 0.101. The fourth-order valence-electron chi connectivity index (χ4n) is 3.39. The van der Waals surface area contributed by atoms with Crippen molar-refractivity contribution in [1.29, 1.82) is 0 Å². The molecule has 4 unspecified atom stereocenters. The summed E-state index contributed by atoms with van der Waals surface area (Å²) in [4.78, 5) is 4.01. The fraction of sp³-hybridized carbons (Fsp3) is 0.583. The smallest absolute Gasteiger partial charge is 0.123 e. The van der Waals surface area contributed by atoms with Gasteiger partial charge in [0.25, 0.3) is 0 Å². The molecule has 3 rings (SSSR count). The van der Waals surface area contributed by atoms with Crippen molar-refractivity contribution in [1.82, 2.24) is 4.98 Å². The number of hydrogen-bond acceptors (Lipinski definition) is 3. The van der Waals surface area contributed by atoms with Gasteiger partial charge in [-0.1, -0.05) is 0 Å². The van der Waals surface area contributed by atoms with Crippen LogP contribution in [0.15, 0.2) is 18.3 Å². The van der Waals surface area contributed by atoms with Crippen LogP contribution in [0.5, 0.6) is 0 Å². The van der Waals surface area contributed by atoms with Crippen molar-refractivity contribution in [2.75, 3.05) is 5.73 Å². The van der Waals surface area contributed by atoms with E-state index in [9.17, 15) is 5.11 Å². The normalized spacial score (nSPS) is 38.5. The molecular formula is C12H16N2O. The average molecular weight is 204 g/mol. The number of anilines is 1. The van der Waals surface area contributed by atoms with Gasteiger partial charge in [0.05, 0.1) is 6.10 Å². The molecule has 80 valence electrons. The minimum atomic E-state index is -0.0943. The van der Waals surface area contributed by atoms with E-state index in [0.29, 0.717) is 17.7 Å². The predicted molar refractivity (Wildman–Crippen MR) is 58.2 cm³/mol. The number of fused-ring (bicyclic) bond motifs is 2. The second kappa shape index (κ2) is 3.20. The Morgan fingerprint density at radius 2 is 2.20 bits per heavy atom. The molecule has 4 atom stereocenters. The topological polar surface area (TPSA) is 59.1 Å². The Kier molecular flexibility index (Phi) is 1.96. The zero-order valence-electron chi connectivity index (χ0n) is 8.63. The third-order valence-electron chi connectivity index (χ3n) is 4.01. The molecule has 1 aromatic heterocycles. The van der Waals surface area contributed by atoms with E-state index in [2.05, 4.69) is 4.98 Å². The Bertz CT molecular complexity index is 380. The van der Waals surface area contributed by atoms with E-state index in [1.54, 1.807) is 6.20 Å². The van der Waals surface area contributed by atoms with E-state index in [-0.39, 0.29) is 6.10 Å². The van der Waals surface area contributed by atoms with Crippen molar-refractivity contribution in [3.63, 3.8) is 0 Å². The van der Waals surface area contributed by atoms with Gasteiger partial charge in [0.1, 0.15) is 5.82 Å². The highest BCUT2D eigenvalue weighted by Gasteiger charge is 2.45. The molecule has 3 nitrogen and oxygen atoms in total. The van der Waals surface area contributed by atoms with Gasteiger partial charge in [0, 0.05) is 6.20 Å². The van der Waals surface area contributed by atoms with Gasteiger partial charge in [-0.3, -0.25) is 0 Å². The van der Waals surface area contributed by atoms with Crippen LogP contribution in [-0.4, -0.2) is 16.2 Å². The summed E-state index contributed by atoms with van der Waals surface area (Å²) in [6, 6.07) is 3.99. The zero-order chi connectivity index (χ0) is 10.4. The molecule has 1 heterocycles. The number of nitrogens with two attached hydrogens (primary N) is 1. The molecule has 2 aliphatic rings. The lowest BCUT2D eigenvalue weighted by atomic mass is 9.82. The molecule has 3 N–H and O–H groups in total. The first-order valence-corrected chi connectivity index (χ1v) is 5.63. The monoisotopic (exact) mass is 204 g/mol. The number of nitrogen functional groups attached to an aromatic ring is 1. The molecule has 0 aromatic carbocycles. The molecule has 1 aromatic rings. The first kappa shape index (κ1) is 9.16. The lowest BCUT2D eigenvalue weighted by Gasteiger charge is -2.26. The van der Waals surface area contributed by atoms with E-state index in [0.717, 1.165) is 12.3 Å². The molecule has 0 amide bonds. The minimum absolute atomic E-state index is 0.0943. The van der Waals surface area contributed by atoms with Crippen molar-refractivity contribution >= 4 is 5.82 Å². The molecule has 15 heavy (non-hydrogen) atoms. The SMILES string of the molecule is Nc1cc(C2CC3CC(O)C2C3)ccn1. The summed E-state index contributed by atoms with van der Waals surface area (Å²) in [6.07, 6.45) is 5.08.